The number of thioether (sulfide) groups is 1. The summed E-state index contributed by atoms with van der Waals surface area (Å²) in [4.78, 5) is 14.4. The van der Waals surface area contributed by atoms with Crippen molar-refractivity contribution in [2.24, 2.45) is 0 Å². The molecule has 0 aliphatic heterocycles. The van der Waals surface area contributed by atoms with Crippen molar-refractivity contribution >= 4 is 17.7 Å². The average Bonchev–Trinajstić information content (AvgIpc) is 3.30. The van der Waals surface area contributed by atoms with Crippen LogP contribution in [0.25, 0.3) is 5.69 Å². The zero-order chi connectivity index (χ0) is 17.8. The van der Waals surface area contributed by atoms with Crippen LogP contribution in [-0.4, -0.2) is 44.4 Å². The van der Waals surface area contributed by atoms with Crippen LogP contribution >= 0.6 is 11.8 Å². The van der Waals surface area contributed by atoms with E-state index in [4.69, 9.17) is 0 Å². The van der Waals surface area contributed by atoms with Crippen LogP contribution in [0.5, 0.6) is 0 Å². The van der Waals surface area contributed by atoms with Gasteiger partial charge in [-0.05, 0) is 36.5 Å². The third-order valence-electron chi connectivity index (χ3n) is 4.94. The number of hydrogen-bond donors (Lipinski definition) is 0. The number of amides is 1. The van der Waals surface area contributed by atoms with Crippen LogP contribution in [0.4, 0.5) is 0 Å². The van der Waals surface area contributed by atoms with E-state index in [2.05, 4.69) is 48.3 Å². The first-order valence-electron chi connectivity index (χ1n) is 8.95. The Balaban J connectivity index is 1.64. The van der Waals surface area contributed by atoms with Gasteiger partial charge in [-0.1, -0.05) is 50.6 Å². The molecule has 134 valence electrons. The Morgan fingerprint density at radius 2 is 1.96 bits per heavy atom. The number of nitrogens with zero attached hydrogens (tertiary/aromatic N) is 4. The standard InChI is InChI=1S/C19H26N4OS/c1-14(2)15-8-10-17(11-9-15)23-13-20-21-19(23)25-12-18(24)22(3)16-6-4-5-7-16/h8-11,13-14,16H,4-7,12H2,1-3H3. The van der Waals surface area contributed by atoms with Gasteiger partial charge in [-0.2, -0.15) is 0 Å². The average molecular weight is 359 g/mol. The van der Waals surface area contributed by atoms with Gasteiger partial charge >= 0.3 is 0 Å². The molecule has 0 radical (unpaired) electrons. The van der Waals surface area contributed by atoms with E-state index in [9.17, 15) is 4.79 Å². The number of hydrogen-bond acceptors (Lipinski definition) is 4. The molecule has 25 heavy (non-hydrogen) atoms. The van der Waals surface area contributed by atoms with Gasteiger partial charge in [0.15, 0.2) is 5.16 Å². The van der Waals surface area contributed by atoms with E-state index in [-0.39, 0.29) is 5.91 Å². The van der Waals surface area contributed by atoms with Crippen LogP contribution < -0.4 is 0 Å². The quantitative estimate of drug-likeness (QED) is 0.735. The lowest BCUT2D eigenvalue weighted by Crippen LogP contribution is -2.36. The predicted octanol–water partition coefficient (Wildman–Crippen LogP) is 3.88. The van der Waals surface area contributed by atoms with Crippen molar-refractivity contribution in [3.63, 3.8) is 0 Å². The van der Waals surface area contributed by atoms with Gasteiger partial charge in [-0.25, -0.2) is 0 Å². The Morgan fingerprint density at radius 1 is 1.28 bits per heavy atom. The molecule has 1 aliphatic rings. The Morgan fingerprint density at radius 3 is 2.60 bits per heavy atom. The van der Waals surface area contributed by atoms with Crippen molar-refractivity contribution in [2.75, 3.05) is 12.8 Å². The summed E-state index contributed by atoms with van der Waals surface area (Å²) in [6.07, 6.45) is 6.43. The molecule has 0 saturated heterocycles. The molecule has 1 aliphatic carbocycles. The Kier molecular flexibility index (Phi) is 5.78. The molecule has 6 heteroatoms. The summed E-state index contributed by atoms with van der Waals surface area (Å²) >= 11 is 1.45. The smallest absolute Gasteiger partial charge is 0.233 e. The molecule has 0 spiro atoms. The minimum absolute atomic E-state index is 0.168. The predicted molar refractivity (Wildman–Crippen MR) is 101 cm³/mol. The second-order valence-electron chi connectivity index (χ2n) is 6.96. The van der Waals surface area contributed by atoms with Crippen LogP contribution in [-0.2, 0) is 4.79 Å². The molecule has 0 unspecified atom stereocenters. The van der Waals surface area contributed by atoms with Gasteiger partial charge < -0.3 is 4.90 Å². The second kappa shape index (κ2) is 8.04. The SMILES string of the molecule is CC(C)c1ccc(-n2cnnc2SCC(=O)N(C)C2CCCC2)cc1. The molecule has 0 bridgehead atoms. The zero-order valence-corrected chi connectivity index (χ0v) is 16.0. The Hall–Kier alpha value is -1.82. The van der Waals surface area contributed by atoms with Gasteiger partial charge in [-0.3, -0.25) is 9.36 Å². The van der Waals surface area contributed by atoms with Gasteiger partial charge in [0.1, 0.15) is 6.33 Å². The molecule has 1 amide bonds. The van der Waals surface area contributed by atoms with Crippen molar-refractivity contribution in [1.82, 2.24) is 19.7 Å². The Bertz CT molecular complexity index is 704. The molecular weight excluding hydrogens is 332 g/mol. The lowest BCUT2D eigenvalue weighted by molar-refractivity contribution is -0.129. The van der Waals surface area contributed by atoms with E-state index in [0.717, 1.165) is 23.7 Å². The fraction of sp³-hybridized carbons (Fsp3) is 0.526. The highest BCUT2D eigenvalue weighted by atomic mass is 32.2. The molecule has 1 fully saturated rings. The lowest BCUT2D eigenvalue weighted by Gasteiger charge is -2.24. The van der Waals surface area contributed by atoms with Gasteiger partial charge in [0.05, 0.1) is 5.75 Å². The van der Waals surface area contributed by atoms with Crippen molar-refractivity contribution in [3.05, 3.63) is 36.2 Å². The maximum absolute atomic E-state index is 12.4. The summed E-state index contributed by atoms with van der Waals surface area (Å²) in [6, 6.07) is 8.83. The van der Waals surface area contributed by atoms with E-state index in [1.54, 1.807) is 6.33 Å². The highest BCUT2D eigenvalue weighted by molar-refractivity contribution is 7.99. The zero-order valence-electron chi connectivity index (χ0n) is 15.2. The number of carbonyl (C=O) groups is 1. The second-order valence-corrected chi connectivity index (χ2v) is 7.90. The van der Waals surface area contributed by atoms with Gasteiger partial charge in [0.25, 0.3) is 0 Å². The van der Waals surface area contributed by atoms with E-state index >= 15 is 0 Å². The van der Waals surface area contributed by atoms with Crippen LogP contribution in [0, 0.1) is 0 Å². The third-order valence-corrected chi connectivity index (χ3v) is 5.87. The Labute approximate surface area is 153 Å². The molecular formula is C19H26N4OS. The van der Waals surface area contributed by atoms with Crippen molar-refractivity contribution in [3.8, 4) is 5.69 Å². The summed E-state index contributed by atoms with van der Waals surface area (Å²) in [5, 5.41) is 8.96. The monoisotopic (exact) mass is 358 g/mol. The maximum atomic E-state index is 12.4. The molecule has 3 rings (SSSR count). The van der Waals surface area contributed by atoms with Crippen LogP contribution in [0.3, 0.4) is 0 Å². The number of rotatable bonds is 6. The van der Waals surface area contributed by atoms with Gasteiger partial charge in [0, 0.05) is 18.8 Å². The number of carbonyl (C=O) groups excluding carboxylic acids is 1. The minimum Gasteiger partial charge on any atom is -0.342 e. The van der Waals surface area contributed by atoms with Crippen molar-refractivity contribution < 1.29 is 4.79 Å². The lowest BCUT2D eigenvalue weighted by atomic mass is 10.0. The summed E-state index contributed by atoms with van der Waals surface area (Å²) in [6.45, 7) is 4.36. The molecule has 1 aromatic heterocycles. The largest absolute Gasteiger partial charge is 0.342 e. The first kappa shape index (κ1) is 18.0. The topological polar surface area (TPSA) is 51.0 Å². The fourth-order valence-electron chi connectivity index (χ4n) is 3.24. The highest BCUT2D eigenvalue weighted by Crippen LogP contribution is 2.25. The maximum Gasteiger partial charge on any atom is 0.233 e. The van der Waals surface area contributed by atoms with Gasteiger partial charge in [0.2, 0.25) is 5.91 Å². The van der Waals surface area contributed by atoms with Crippen LogP contribution in [0.2, 0.25) is 0 Å². The van der Waals surface area contributed by atoms with E-state index < -0.39 is 0 Å². The summed E-state index contributed by atoms with van der Waals surface area (Å²) < 4.78 is 1.94. The van der Waals surface area contributed by atoms with E-state index in [0.29, 0.717) is 17.7 Å². The van der Waals surface area contributed by atoms with E-state index in [1.165, 1.54) is 30.2 Å². The third kappa shape index (κ3) is 4.24. The minimum atomic E-state index is 0.168. The first-order valence-corrected chi connectivity index (χ1v) is 9.93. The summed E-state index contributed by atoms with van der Waals surface area (Å²) in [5.74, 6) is 1.07. The fourth-order valence-corrected chi connectivity index (χ4v) is 4.10. The number of aromatic nitrogens is 3. The molecule has 5 nitrogen and oxygen atoms in total. The van der Waals surface area contributed by atoms with Crippen molar-refractivity contribution in [1.29, 1.82) is 0 Å². The van der Waals surface area contributed by atoms with Crippen LogP contribution in [0.1, 0.15) is 51.0 Å². The van der Waals surface area contributed by atoms with E-state index in [1.807, 2.05) is 16.5 Å². The van der Waals surface area contributed by atoms with Gasteiger partial charge in [-0.15, -0.1) is 10.2 Å². The normalized spacial score (nSPS) is 15.0. The first-order chi connectivity index (χ1) is 12.1. The number of benzene rings is 1. The summed E-state index contributed by atoms with van der Waals surface area (Å²) in [7, 11) is 1.92. The molecule has 1 saturated carbocycles. The highest BCUT2D eigenvalue weighted by Gasteiger charge is 2.23. The molecule has 1 aromatic carbocycles. The molecule has 0 atom stereocenters. The molecule has 0 N–H and O–H groups in total. The van der Waals surface area contributed by atoms with Crippen molar-refractivity contribution in [2.45, 2.75) is 56.6 Å². The van der Waals surface area contributed by atoms with Crippen LogP contribution in [0.15, 0.2) is 35.7 Å². The molecule has 1 heterocycles. The summed E-state index contributed by atoms with van der Waals surface area (Å²) in [5.41, 5.74) is 2.33. The molecule has 2 aromatic rings.